The lowest BCUT2D eigenvalue weighted by molar-refractivity contribution is -0.274. The minimum absolute atomic E-state index is 0.146. The highest BCUT2D eigenvalue weighted by molar-refractivity contribution is 8.14. The van der Waals surface area contributed by atoms with E-state index < -0.39 is 17.9 Å². The molecular formula is C34H37F3N6O3S. The van der Waals surface area contributed by atoms with Crippen molar-refractivity contribution in [3.8, 4) is 28.6 Å². The van der Waals surface area contributed by atoms with Crippen LogP contribution in [0.25, 0.3) is 17.1 Å². The Hall–Kier alpha value is -4.52. The molecule has 2 amide bonds. The van der Waals surface area contributed by atoms with Gasteiger partial charge in [-0.15, -0.1) is 18.3 Å². The van der Waals surface area contributed by atoms with Crippen LogP contribution in [0.2, 0.25) is 0 Å². The van der Waals surface area contributed by atoms with Crippen molar-refractivity contribution in [3.63, 3.8) is 0 Å². The van der Waals surface area contributed by atoms with Crippen molar-refractivity contribution in [1.82, 2.24) is 20.1 Å². The second-order valence-electron chi connectivity index (χ2n) is 12.0. The number of methoxy groups -OCH3 is 1. The average Bonchev–Trinajstić information content (AvgIpc) is 3.51. The van der Waals surface area contributed by atoms with Crippen LogP contribution in [0.5, 0.6) is 11.5 Å². The molecule has 0 saturated carbocycles. The minimum Gasteiger partial charge on any atom is -0.497 e. The monoisotopic (exact) mass is 666 g/mol. The van der Waals surface area contributed by atoms with Gasteiger partial charge in [-0.2, -0.15) is 4.99 Å². The molecule has 3 aromatic carbocycles. The standard InChI is InChI=1S/C34H37F3N6O3S/c1-21(2)28-16-15-27(45-6)19-29(28)43-22(3)17-18-47-32(43)39-31(44)40-33(4,5)24-9-7-23(8-10-24)30-38-20-42(41-30)25-11-13-26(14-12-25)46-34(35,36)37/h7-16,19-22H,17-18H2,1-6H3,(H,40,44). The van der Waals surface area contributed by atoms with Crippen molar-refractivity contribution < 1.29 is 27.4 Å². The number of aliphatic imine (C=N–C) groups is 1. The summed E-state index contributed by atoms with van der Waals surface area (Å²) in [5, 5.41) is 8.17. The Morgan fingerprint density at radius 2 is 1.72 bits per heavy atom. The summed E-state index contributed by atoms with van der Waals surface area (Å²) in [6.45, 7) is 10.2. The molecule has 9 nitrogen and oxygen atoms in total. The number of alkyl halides is 3. The van der Waals surface area contributed by atoms with E-state index in [4.69, 9.17) is 4.74 Å². The molecule has 0 bridgehead atoms. The third kappa shape index (κ3) is 8.07. The molecule has 248 valence electrons. The Morgan fingerprint density at radius 3 is 2.36 bits per heavy atom. The van der Waals surface area contributed by atoms with E-state index >= 15 is 0 Å². The van der Waals surface area contributed by atoms with Crippen LogP contribution in [-0.4, -0.2) is 51.2 Å². The number of hydrogen-bond donors (Lipinski definition) is 1. The highest BCUT2D eigenvalue weighted by Gasteiger charge is 2.32. The van der Waals surface area contributed by atoms with Crippen molar-refractivity contribution in [2.75, 3.05) is 17.8 Å². The van der Waals surface area contributed by atoms with Crippen molar-refractivity contribution >= 4 is 28.6 Å². The van der Waals surface area contributed by atoms with Crippen molar-refractivity contribution in [1.29, 1.82) is 0 Å². The van der Waals surface area contributed by atoms with E-state index in [0.29, 0.717) is 16.7 Å². The first-order valence-electron chi connectivity index (χ1n) is 15.1. The van der Waals surface area contributed by atoms with E-state index in [1.165, 1.54) is 35.3 Å². The fraction of sp³-hybridized carbons (Fsp3) is 0.353. The number of anilines is 1. The molecule has 0 spiro atoms. The Morgan fingerprint density at radius 1 is 1.04 bits per heavy atom. The number of rotatable bonds is 8. The molecule has 1 aliphatic heterocycles. The van der Waals surface area contributed by atoms with E-state index in [1.807, 2.05) is 50.2 Å². The predicted octanol–water partition coefficient (Wildman–Crippen LogP) is 8.30. The summed E-state index contributed by atoms with van der Waals surface area (Å²) in [7, 11) is 1.64. The molecule has 13 heteroatoms. The van der Waals surface area contributed by atoms with Crippen LogP contribution in [0, 0.1) is 0 Å². The van der Waals surface area contributed by atoms with Crippen LogP contribution >= 0.6 is 11.8 Å². The molecule has 1 unspecified atom stereocenters. The van der Waals surface area contributed by atoms with E-state index in [0.717, 1.165) is 40.3 Å². The van der Waals surface area contributed by atoms with Gasteiger partial charge in [0.2, 0.25) is 0 Å². The molecular weight excluding hydrogens is 629 g/mol. The summed E-state index contributed by atoms with van der Waals surface area (Å²) < 4.78 is 48.3. The highest BCUT2D eigenvalue weighted by atomic mass is 32.2. The molecule has 2 heterocycles. The molecule has 1 aromatic heterocycles. The maximum absolute atomic E-state index is 13.4. The van der Waals surface area contributed by atoms with Crippen LogP contribution in [0.3, 0.4) is 0 Å². The number of amidine groups is 1. The molecule has 1 atom stereocenters. The molecule has 1 N–H and O–H groups in total. The number of halogens is 3. The first-order chi connectivity index (χ1) is 22.2. The lowest BCUT2D eigenvalue weighted by atomic mass is 9.93. The summed E-state index contributed by atoms with van der Waals surface area (Å²) in [6.07, 6.45) is -2.33. The second kappa shape index (κ2) is 13.7. The first kappa shape index (κ1) is 33.8. The third-order valence-electron chi connectivity index (χ3n) is 7.84. The molecule has 1 aliphatic rings. The average molecular weight is 667 g/mol. The normalized spacial score (nSPS) is 16.4. The number of aromatic nitrogens is 3. The number of carbonyl (C=O) groups excluding carboxylic acids is 1. The topological polar surface area (TPSA) is 93.9 Å². The Labute approximate surface area is 276 Å². The van der Waals surface area contributed by atoms with Crippen LogP contribution in [0.1, 0.15) is 58.1 Å². The SMILES string of the molecule is COc1ccc(C(C)C)c(N2C(=NC(=O)NC(C)(C)c3ccc(-c4ncn(-c5ccc(OC(F)(F)F)cc5)n4)cc3)SCCC2C)c1. The van der Waals surface area contributed by atoms with Gasteiger partial charge in [0.15, 0.2) is 11.0 Å². The minimum atomic E-state index is -4.76. The Kier molecular flexibility index (Phi) is 9.85. The predicted molar refractivity (Wildman–Crippen MR) is 179 cm³/mol. The van der Waals surface area contributed by atoms with Gasteiger partial charge >= 0.3 is 12.4 Å². The fourth-order valence-electron chi connectivity index (χ4n) is 5.29. The number of nitrogens with zero attached hydrogens (tertiary/aromatic N) is 5. The van der Waals surface area contributed by atoms with Crippen LogP contribution in [0.15, 0.2) is 78.0 Å². The second-order valence-corrected chi connectivity index (χ2v) is 13.1. The number of nitrogens with one attached hydrogen (secondary N) is 1. The molecule has 5 rings (SSSR count). The number of ether oxygens (including phenoxy) is 2. The summed E-state index contributed by atoms with van der Waals surface area (Å²) >= 11 is 1.56. The van der Waals surface area contributed by atoms with E-state index in [1.54, 1.807) is 18.9 Å². The maximum atomic E-state index is 13.4. The third-order valence-corrected chi connectivity index (χ3v) is 8.83. The molecule has 47 heavy (non-hydrogen) atoms. The van der Waals surface area contributed by atoms with Gasteiger partial charge in [-0.05, 0) is 74.6 Å². The Balaban J connectivity index is 1.30. The highest BCUT2D eigenvalue weighted by Crippen LogP contribution is 2.37. The smallest absolute Gasteiger partial charge is 0.497 e. The lowest BCUT2D eigenvalue weighted by Gasteiger charge is -2.37. The molecule has 4 aromatic rings. The van der Waals surface area contributed by atoms with Crippen molar-refractivity contribution in [2.24, 2.45) is 4.99 Å². The Bertz CT molecular complexity index is 1740. The van der Waals surface area contributed by atoms with E-state index in [9.17, 15) is 18.0 Å². The zero-order chi connectivity index (χ0) is 33.9. The van der Waals surface area contributed by atoms with Gasteiger partial charge in [-0.25, -0.2) is 14.5 Å². The van der Waals surface area contributed by atoms with Gasteiger partial charge in [0.25, 0.3) is 0 Å². The van der Waals surface area contributed by atoms with Gasteiger partial charge in [0.1, 0.15) is 17.8 Å². The number of urea groups is 1. The van der Waals surface area contributed by atoms with Crippen molar-refractivity contribution in [3.05, 3.63) is 84.2 Å². The maximum Gasteiger partial charge on any atom is 0.573 e. The summed E-state index contributed by atoms with van der Waals surface area (Å²) in [5.41, 5.74) is 3.50. The fourth-order valence-corrected chi connectivity index (χ4v) is 6.50. The molecule has 0 aliphatic carbocycles. The summed E-state index contributed by atoms with van der Waals surface area (Å²) in [6, 6.07) is 18.6. The summed E-state index contributed by atoms with van der Waals surface area (Å²) in [4.78, 5) is 24.4. The lowest BCUT2D eigenvalue weighted by Crippen LogP contribution is -2.44. The van der Waals surface area contributed by atoms with Crippen LogP contribution < -0.4 is 19.7 Å². The van der Waals surface area contributed by atoms with Crippen LogP contribution in [0.4, 0.5) is 23.7 Å². The van der Waals surface area contributed by atoms with Gasteiger partial charge in [-0.3, -0.25) is 0 Å². The quantitative estimate of drug-likeness (QED) is 0.202. The van der Waals surface area contributed by atoms with Gasteiger partial charge in [0.05, 0.1) is 24.0 Å². The zero-order valence-electron chi connectivity index (χ0n) is 27.0. The van der Waals surface area contributed by atoms with E-state index in [2.05, 4.69) is 56.9 Å². The van der Waals surface area contributed by atoms with E-state index in [-0.39, 0.29) is 17.7 Å². The molecule has 0 radical (unpaired) electrons. The largest absolute Gasteiger partial charge is 0.573 e. The molecule has 1 saturated heterocycles. The van der Waals surface area contributed by atoms with Gasteiger partial charge < -0.3 is 19.7 Å². The number of thioether (sulfide) groups is 1. The number of benzene rings is 3. The number of amides is 2. The molecule has 1 fully saturated rings. The van der Waals surface area contributed by atoms with Gasteiger partial charge in [-0.1, -0.05) is 55.9 Å². The number of hydrogen-bond acceptors (Lipinski definition) is 6. The summed E-state index contributed by atoms with van der Waals surface area (Å²) in [5.74, 6) is 1.99. The first-order valence-corrected chi connectivity index (χ1v) is 16.1. The zero-order valence-corrected chi connectivity index (χ0v) is 27.8. The van der Waals surface area contributed by atoms with Gasteiger partial charge in [0, 0.05) is 23.4 Å². The van der Waals surface area contributed by atoms with Crippen LogP contribution in [-0.2, 0) is 5.54 Å². The van der Waals surface area contributed by atoms with Crippen molar-refractivity contribution in [2.45, 2.75) is 64.9 Å². The number of carbonyl (C=O) groups is 1.